The summed E-state index contributed by atoms with van der Waals surface area (Å²) in [4.78, 5) is 17.1. The molecule has 1 amide bonds. The van der Waals surface area contributed by atoms with Crippen LogP contribution in [0.25, 0.3) is 0 Å². The molecule has 9 heteroatoms. The minimum Gasteiger partial charge on any atom is -0.335 e. The highest BCUT2D eigenvalue weighted by atomic mass is 35.5. The molecule has 1 N–H and O–H groups in total. The van der Waals surface area contributed by atoms with Crippen molar-refractivity contribution < 1.29 is 4.79 Å². The van der Waals surface area contributed by atoms with Crippen LogP contribution < -0.4 is 5.32 Å². The van der Waals surface area contributed by atoms with Crippen LogP contribution in [0.3, 0.4) is 0 Å². The smallest absolute Gasteiger partial charge is 0.276 e. The molecule has 0 spiro atoms. The first-order valence-corrected chi connectivity index (χ1v) is 9.56. The molecule has 2 aliphatic rings. The van der Waals surface area contributed by atoms with E-state index >= 15 is 0 Å². The number of rotatable bonds is 4. The lowest BCUT2D eigenvalue weighted by Crippen LogP contribution is -2.49. The van der Waals surface area contributed by atoms with Gasteiger partial charge in [-0.15, -0.1) is 29.9 Å². The zero-order chi connectivity index (χ0) is 17.9. The summed E-state index contributed by atoms with van der Waals surface area (Å²) in [6.07, 6.45) is 5.11. The summed E-state index contributed by atoms with van der Waals surface area (Å²) in [5.41, 5.74) is 0.849. The van der Waals surface area contributed by atoms with Crippen molar-refractivity contribution in [3.63, 3.8) is 0 Å². The number of amides is 1. The van der Waals surface area contributed by atoms with Crippen molar-refractivity contribution in [1.29, 1.82) is 0 Å². The summed E-state index contributed by atoms with van der Waals surface area (Å²) < 4.78 is 1.88. The Kier molecular flexibility index (Phi) is 9.48. The number of hydrogen-bond acceptors (Lipinski definition) is 5. The molecule has 0 atom stereocenters. The molecule has 0 aromatic carbocycles. The Balaban J connectivity index is 0.00000182. The van der Waals surface area contributed by atoms with E-state index in [9.17, 15) is 4.79 Å². The second-order valence-corrected chi connectivity index (χ2v) is 8.51. The van der Waals surface area contributed by atoms with Crippen LogP contribution in [0, 0.1) is 5.41 Å². The van der Waals surface area contributed by atoms with Gasteiger partial charge in [0.2, 0.25) is 0 Å². The van der Waals surface area contributed by atoms with Crippen molar-refractivity contribution in [3.05, 3.63) is 11.9 Å². The van der Waals surface area contributed by atoms with Crippen molar-refractivity contribution in [2.24, 2.45) is 5.41 Å². The number of halogens is 2. The highest BCUT2D eigenvalue weighted by molar-refractivity contribution is 5.92. The molecular formula is C18H34Cl2N6O. The molecule has 156 valence electrons. The molecule has 27 heavy (non-hydrogen) atoms. The summed E-state index contributed by atoms with van der Waals surface area (Å²) in [5.74, 6) is 0.0238. The number of hydrogen-bond donors (Lipinski definition) is 1. The molecule has 0 radical (unpaired) electrons. The largest absolute Gasteiger partial charge is 0.335 e. The average molecular weight is 421 g/mol. The molecule has 2 saturated heterocycles. The summed E-state index contributed by atoms with van der Waals surface area (Å²) in [6.45, 7) is 13.4. The van der Waals surface area contributed by atoms with Crippen LogP contribution in [0.2, 0.25) is 0 Å². The lowest BCUT2D eigenvalue weighted by molar-refractivity contribution is 0.0617. The molecule has 0 aliphatic carbocycles. The van der Waals surface area contributed by atoms with Crippen molar-refractivity contribution in [2.75, 3.05) is 45.8 Å². The molecule has 3 rings (SSSR count). The van der Waals surface area contributed by atoms with Crippen molar-refractivity contribution in [3.8, 4) is 0 Å². The Morgan fingerprint density at radius 3 is 2.37 bits per heavy atom. The van der Waals surface area contributed by atoms with Crippen molar-refractivity contribution in [1.82, 2.24) is 30.1 Å². The highest BCUT2D eigenvalue weighted by Crippen LogP contribution is 2.20. The molecule has 0 bridgehead atoms. The zero-order valence-electron chi connectivity index (χ0n) is 16.7. The minimum absolute atomic E-state index is 0. The summed E-state index contributed by atoms with van der Waals surface area (Å²) in [5, 5.41) is 11.7. The Morgan fingerprint density at radius 2 is 1.78 bits per heavy atom. The van der Waals surface area contributed by atoms with Crippen LogP contribution in [0.5, 0.6) is 0 Å². The maximum atomic E-state index is 12.7. The van der Waals surface area contributed by atoms with Gasteiger partial charge in [0.1, 0.15) is 0 Å². The van der Waals surface area contributed by atoms with E-state index in [4.69, 9.17) is 0 Å². The van der Waals surface area contributed by atoms with Crippen LogP contribution in [-0.2, 0) is 0 Å². The number of nitrogens with zero attached hydrogens (tertiary/aromatic N) is 5. The number of carbonyl (C=O) groups excluding carboxylic acids is 1. The SMILES string of the molecule is CC(C)(C)CCN1CCN(C(=O)c2cn(C3CCNCC3)nn2)CC1.Cl.Cl. The highest BCUT2D eigenvalue weighted by Gasteiger charge is 2.26. The van der Waals surface area contributed by atoms with Gasteiger partial charge < -0.3 is 10.2 Å². The number of piperidine rings is 1. The second-order valence-electron chi connectivity index (χ2n) is 8.51. The van der Waals surface area contributed by atoms with Gasteiger partial charge >= 0.3 is 0 Å². The predicted molar refractivity (Wildman–Crippen MR) is 112 cm³/mol. The fourth-order valence-electron chi connectivity index (χ4n) is 3.45. The van der Waals surface area contributed by atoms with Crippen molar-refractivity contribution >= 4 is 30.7 Å². The van der Waals surface area contributed by atoms with Gasteiger partial charge in [-0.1, -0.05) is 26.0 Å². The quantitative estimate of drug-likeness (QED) is 0.808. The van der Waals surface area contributed by atoms with E-state index < -0.39 is 0 Å². The average Bonchev–Trinajstić information content (AvgIpc) is 3.10. The fraction of sp³-hybridized carbons (Fsp3) is 0.833. The summed E-state index contributed by atoms with van der Waals surface area (Å²) in [6, 6.07) is 0.365. The van der Waals surface area contributed by atoms with E-state index in [1.807, 2.05) is 15.8 Å². The first kappa shape index (κ1) is 24.1. The molecule has 2 fully saturated rings. The van der Waals surface area contributed by atoms with Gasteiger partial charge in [0.25, 0.3) is 5.91 Å². The maximum absolute atomic E-state index is 12.7. The number of aromatic nitrogens is 3. The number of nitrogens with one attached hydrogen (secondary N) is 1. The standard InChI is InChI=1S/C18H32N6O.2ClH/c1-18(2,3)6-9-22-10-12-23(13-11-22)17(25)16-14-24(21-20-16)15-4-7-19-8-5-15;;/h14-15,19H,4-13H2,1-3H3;2*1H. The Bertz CT molecular complexity index is 575. The molecule has 2 aliphatic heterocycles. The molecule has 0 saturated carbocycles. The third kappa shape index (κ3) is 6.89. The molecule has 1 aromatic rings. The third-order valence-electron chi connectivity index (χ3n) is 5.25. The van der Waals surface area contributed by atoms with Crippen LogP contribution in [-0.4, -0.2) is 76.5 Å². The molecule has 3 heterocycles. The van der Waals surface area contributed by atoms with Gasteiger partial charge in [-0.2, -0.15) is 0 Å². The van der Waals surface area contributed by atoms with Gasteiger partial charge in [0.15, 0.2) is 5.69 Å². The van der Waals surface area contributed by atoms with E-state index in [1.54, 1.807) is 0 Å². The van der Waals surface area contributed by atoms with Crippen molar-refractivity contribution in [2.45, 2.75) is 46.1 Å². The molecule has 1 aromatic heterocycles. The summed E-state index contributed by atoms with van der Waals surface area (Å²) >= 11 is 0. The Morgan fingerprint density at radius 1 is 1.15 bits per heavy atom. The van der Waals surface area contributed by atoms with E-state index in [2.05, 4.69) is 41.3 Å². The van der Waals surface area contributed by atoms with E-state index in [0.717, 1.165) is 58.7 Å². The zero-order valence-corrected chi connectivity index (χ0v) is 18.3. The van der Waals surface area contributed by atoms with Gasteiger partial charge in [0.05, 0.1) is 12.2 Å². The van der Waals surface area contributed by atoms with Gasteiger partial charge in [-0.3, -0.25) is 9.69 Å². The first-order chi connectivity index (χ1) is 11.9. The topological polar surface area (TPSA) is 66.3 Å². The lowest BCUT2D eigenvalue weighted by atomic mass is 9.92. The van der Waals surface area contributed by atoms with Crippen LogP contribution in [0.1, 0.15) is 56.6 Å². The number of carbonyl (C=O) groups is 1. The lowest BCUT2D eigenvalue weighted by Gasteiger charge is -2.35. The van der Waals surface area contributed by atoms with E-state index in [0.29, 0.717) is 17.2 Å². The third-order valence-corrected chi connectivity index (χ3v) is 5.25. The van der Waals surface area contributed by atoms with Gasteiger partial charge in [0, 0.05) is 26.2 Å². The maximum Gasteiger partial charge on any atom is 0.276 e. The van der Waals surface area contributed by atoms with Crippen LogP contribution in [0.15, 0.2) is 6.20 Å². The Hall–Kier alpha value is -0.890. The fourth-order valence-corrected chi connectivity index (χ4v) is 3.45. The predicted octanol–water partition coefficient (Wildman–Crippen LogP) is 2.24. The molecule has 7 nitrogen and oxygen atoms in total. The first-order valence-electron chi connectivity index (χ1n) is 9.56. The van der Waals surface area contributed by atoms with Crippen LogP contribution >= 0.6 is 24.8 Å². The normalized spacial score (nSPS) is 19.3. The van der Waals surface area contributed by atoms with E-state index in [-0.39, 0.29) is 30.7 Å². The van der Waals surface area contributed by atoms with Gasteiger partial charge in [-0.25, -0.2) is 4.68 Å². The number of piperazine rings is 1. The summed E-state index contributed by atoms with van der Waals surface area (Å²) in [7, 11) is 0. The van der Waals surface area contributed by atoms with Crippen LogP contribution in [0.4, 0.5) is 0 Å². The molecular weight excluding hydrogens is 387 g/mol. The minimum atomic E-state index is 0. The van der Waals surface area contributed by atoms with Gasteiger partial charge in [-0.05, 0) is 44.3 Å². The second kappa shape index (κ2) is 10.6. The monoisotopic (exact) mass is 420 g/mol. The molecule has 0 unspecified atom stereocenters. The Labute approximate surface area is 175 Å². The van der Waals surface area contributed by atoms with E-state index in [1.165, 1.54) is 6.42 Å².